The Morgan fingerprint density at radius 1 is 1.14 bits per heavy atom. The van der Waals surface area contributed by atoms with Gasteiger partial charge in [0.1, 0.15) is 0 Å². The van der Waals surface area contributed by atoms with Crippen LogP contribution in [0, 0.1) is 11.8 Å². The van der Waals surface area contributed by atoms with E-state index >= 15 is 0 Å². The van der Waals surface area contributed by atoms with Crippen LogP contribution in [0.2, 0.25) is 0 Å². The number of thioether (sulfide) groups is 1. The van der Waals surface area contributed by atoms with Gasteiger partial charge in [-0.25, -0.2) is 0 Å². The summed E-state index contributed by atoms with van der Waals surface area (Å²) in [4.78, 5) is 0. The highest BCUT2D eigenvalue weighted by Gasteiger charge is 2.33. The summed E-state index contributed by atoms with van der Waals surface area (Å²) in [6.07, 6.45) is 10.1. The van der Waals surface area contributed by atoms with Crippen molar-refractivity contribution in [3.8, 4) is 0 Å². The lowest BCUT2D eigenvalue weighted by molar-refractivity contribution is 0.188. The van der Waals surface area contributed by atoms with Crippen molar-refractivity contribution < 1.29 is 0 Å². The third kappa shape index (κ3) is 2.46. The fraction of sp³-hybridized carbons (Fsp3) is 1.00. The van der Waals surface area contributed by atoms with Crippen molar-refractivity contribution >= 4 is 11.8 Å². The summed E-state index contributed by atoms with van der Waals surface area (Å²) in [5.41, 5.74) is 5.74. The first-order chi connectivity index (χ1) is 6.92. The second-order valence-corrected chi connectivity index (χ2v) is 6.18. The van der Waals surface area contributed by atoms with Gasteiger partial charge in [-0.2, -0.15) is 11.8 Å². The lowest BCUT2D eigenvalue weighted by Gasteiger charge is -2.40. The summed E-state index contributed by atoms with van der Waals surface area (Å²) in [6, 6.07) is 0. The highest BCUT2D eigenvalue weighted by molar-refractivity contribution is 7.99. The lowest BCUT2D eigenvalue weighted by Crippen LogP contribution is -2.33. The zero-order chi connectivity index (χ0) is 9.80. The standard InChI is InChI=1S/C12H23NS/c13-8-7-11(10-4-3-5-10)12-6-1-2-9-14-12/h10-12H,1-9,13H2. The molecule has 1 saturated heterocycles. The van der Waals surface area contributed by atoms with E-state index in [0.717, 1.165) is 23.6 Å². The summed E-state index contributed by atoms with van der Waals surface area (Å²) in [5, 5.41) is 0.956. The molecular weight excluding hydrogens is 190 g/mol. The topological polar surface area (TPSA) is 26.0 Å². The van der Waals surface area contributed by atoms with E-state index in [1.165, 1.54) is 50.7 Å². The minimum atomic E-state index is 0.901. The molecule has 1 nitrogen and oxygen atoms in total. The van der Waals surface area contributed by atoms with Crippen LogP contribution in [0.3, 0.4) is 0 Å². The summed E-state index contributed by atoms with van der Waals surface area (Å²) in [5.74, 6) is 3.39. The molecule has 2 aliphatic rings. The van der Waals surface area contributed by atoms with Gasteiger partial charge in [0.05, 0.1) is 0 Å². The first kappa shape index (κ1) is 10.8. The number of hydrogen-bond donors (Lipinski definition) is 1. The van der Waals surface area contributed by atoms with Crippen LogP contribution in [0.4, 0.5) is 0 Å². The SMILES string of the molecule is NCCC(C1CCC1)C1CCCCS1. The van der Waals surface area contributed by atoms with E-state index < -0.39 is 0 Å². The Kier molecular flexibility index (Phi) is 4.18. The van der Waals surface area contributed by atoms with Crippen molar-refractivity contribution in [2.75, 3.05) is 12.3 Å². The van der Waals surface area contributed by atoms with Crippen molar-refractivity contribution in [3.63, 3.8) is 0 Å². The molecule has 1 saturated carbocycles. The second-order valence-electron chi connectivity index (χ2n) is 4.84. The van der Waals surface area contributed by atoms with Crippen LogP contribution in [0.15, 0.2) is 0 Å². The van der Waals surface area contributed by atoms with E-state index in [2.05, 4.69) is 11.8 Å². The summed E-state index contributed by atoms with van der Waals surface area (Å²) < 4.78 is 0. The Bertz CT molecular complexity index is 162. The maximum absolute atomic E-state index is 5.74. The predicted octanol–water partition coefficient (Wildman–Crippen LogP) is 3.04. The maximum atomic E-state index is 5.74. The highest BCUT2D eigenvalue weighted by atomic mass is 32.2. The van der Waals surface area contributed by atoms with Gasteiger partial charge in [-0.05, 0) is 43.4 Å². The van der Waals surface area contributed by atoms with Crippen LogP contribution < -0.4 is 5.73 Å². The molecule has 0 aromatic heterocycles. The Balaban J connectivity index is 1.86. The molecule has 0 spiro atoms. The Hall–Kier alpha value is 0.310. The maximum Gasteiger partial charge on any atom is 0.00784 e. The highest BCUT2D eigenvalue weighted by Crippen LogP contribution is 2.43. The van der Waals surface area contributed by atoms with Gasteiger partial charge in [-0.3, -0.25) is 0 Å². The molecule has 2 fully saturated rings. The largest absolute Gasteiger partial charge is 0.330 e. The first-order valence-corrected chi connectivity index (χ1v) is 7.28. The number of nitrogens with two attached hydrogens (primary N) is 1. The van der Waals surface area contributed by atoms with Gasteiger partial charge in [0.15, 0.2) is 0 Å². The molecule has 0 radical (unpaired) electrons. The molecule has 0 aromatic carbocycles. The van der Waals surface area contributed by atoms with Crippen molar-refractivity contribution in [2.45, 2.75) is 50.2 Å². The van der Waals surface area contributed by atoms with E-state index in [1.807, 2.05) is 0 Å². The monoisotopic (exact) mass is 213 g/mol. The van der Waals surface area contributed by atoms with Crippen LogP contribution >= 0.6 is 11.8 Å². The molecule has 0 amide bonds. The minimum absolute atomic E-state index is 0.901. The van der Waals surface area contributed by atoms with Gasteiger partial charge in [-0.15, -0.1) is 0 Å². The van der Waals surface area contributed by atoms with E-state index in [-0.39, 0.29) is 0 Å². The summed E-state index contributed by atoms with van der Waals surface area (Å²) in [6.45, 7) is 0.901. The minimum Gasteiger partial charge on any atom is -0.330 e. The van der Waals surface area contributed by atoms with Crippen molar-refractivity contribution in [1.82, 2.24) is 0 Å². The normalized spacial score (nSPS) is 31.1. The smallest absolute Gasteiger partial charge is 0.00784 e. The van der Waals surface area contributed by atoms with E-state index in [0.29, 0.717) is 0 Å². The second kappa shape index (κ2) is 5.41. The van der Waals surface area contributed by atoms with Crippen molar-refractivity contribution in [3.05, 3.63) is 0 Å². The quantitative estimate of drug-likeness (QED) is 0.777. The van der Waals surface area contributed by atoms with Crippen LogP contribution in [0.5, 0.6) is 0 Å². The number of rotatable bonds is 4. The van der Waals surface area contributed by atoms with Gasteiger partial charge in [0.2, 0.25) is 0 Å². The molecule has 82 valence electrons. The molecule has 2 N–H and O–H groups in total. The predicted molar refractivity (Wildman–Crippen MR) is 64.6 cm³/mol. The van der Waals surface area contributed by atoms with Gasteiger partial charge in [0.25, 0.3) is 0 Å². The average molecular weight is 213 g/mol. The van der Waals surface area contributed by atoms with Gasteiger partial charge < -0.3 is 5.73 Å². The molecular formula is C12H23NS. The van der Waals surface area contributed by atoms with E-state index in [9.17, 15) is 0 Å². The first-order valence-electron chi connectivity index (χ1n) is 6.23. The van der Waals surface area contributed by atoms with Crippen LogP contribution in [0.25, 0.3) is 0 Å². The van der Waals surface area contributed by atoms with Gasteiger partial charge in [0, 0.05) is 5.25 Å². The van der Waals surface area contributed by atoms with Gasteiger partial charge in [-0.1, -0.05) is 25.7 Å². The van der Waals surface area contributed by atoms with Crippen LogP contribution in [-0.4, -0.2) is 17.5 Å². The molecule has 0 aromatic rings. The Labute approximate surface area is 92.2 Å². The molecule has 2 unspecified atom stereocenters. The van der Waals surface area contributed by atoms with E-state index in [4.69, 9.17) is 5.73 Å². The van der Waals surface area contributed by atoms with E-state index in [1.54, 1.807) is 0 Å². The molecule has 1 aliphatic heterocycles. The fourth-order valence-electron chi connectivity index (χ4n) is 2.89. The third-order valence-corrected chi connectivity index (χ3v) is 5.49. The summed E-state index contributed by atoms with van der Waals surface area (Å²) >= 11 is 2.23. The summed E-state index contributed by atoms with van der Waals surface area (Å²) in [7, 11) is 0. The fourth-order valence-corrected chi connectivity index (χ4v) is 4.50. The molecule has 2 rings (SSSR count). The molecule has 14 heavy (non-hydrogen) atoms. The Morgan fingerprint density at radius 2 is 2.00 bits per heavy atom. The van der Waals surface area contributed by atoms with Crippen LogP contribution in [-0.2, 0) is 0 Å². The molecule has 2 heteroatoms. The number of hydrogen-bond acceptors (Lipinski definition) is 2. The molecule has 2 atom stereocenters. The van der Waals surface area contributed by atoms with Crippen molar-refractivity contribution in [1.29, 1.82) is 0 Å². The lowest BCUT2D eigenvalue weighted by atomic mass is 9.72. The molecule has 1 aliphatic carbocycles. The van der Waals surface area contributed by atoms with Gasteiger partial charge >= 0.3 is 0 Å². The average Bonchev–Trinajstić information content (AvgIpc) is 2.16. The third-order valence-electron chi connectivity index (χ3n) is 3.95. The Morgan fingerprint density at radius 3 is 2.50 bits per heavy atom. The van der Waals surface area contributed by atoms with Crippen LogP contribution in [0.1, 0.15) is 44.9 Å². The zero-order valence-corrected chi connectivity index (χ0v) is 9.90. The molecule has 1 heterocycles. The molecule has 0 bridgehead atoms. The van der Waals surface area contributed by atoms with Crippen molar-refractivity contribution in [2.24, 2.45) is 17.6 Å². The zero-order valence-electron chi connectivity index (χ0n) is 9.08.